The minimum absolute atomic E-state index is 0.102. The van der Waals surface area contributed by atoms with Crippen molar-refractivity contribution in [1.29, 1.82) is 0 Å². The lowest BCUT2D eigenvalue weighted by Crippen LogP contribution is -2.09. The van der Waals surface area contributed by atoms with Crippen molar-refractivity contribution in [2.75, 3.05) is 0 Å². The Hall–Kier alpha value is -2.44. The number of esters is 1. The van der Waals surface area contributed by atoms with Crippen LogP contribution in [0.15, 0.2) is 34.9 Å². The number of hydrogen-bond acceptors (Lipinski definition) is 6. The molecule has 1 aromatic carbocycles. The number of pyridine rings is 1. The minimum atomic E-state index is -0.604. The van der Waals surface area contributed by atoms with Crippen LogP contribution in [-0.2, 0) is 11.3 Å². The molecule has 0 aliphatic carbocycles. The van der Waals surface area contributed by atoms with Gasteiger partial charge in [0.25, 0.3) is 5.89 Å². The van der Waals surface area contributed by atoms with Gasteiger partial charge in [0.1, 0.15) is 5.15 Å². The summed E-state index contributed by atoms with van der Waals surface area (Å²) in [4.78, 5) is 20.5. The fourth-order valence-corrected chi connectivity index (χ4v) is 2.88. The summed E-state index contributed by atoms with van der Waals surface area (Å²) < 4.78 is 10.3. The zero-order valence-corrected chi connectivity index (χ0v) is 14.9. The maximum Gasteiger partial charge on any atom is 0.342 e. The van der Waals surface area contributed by atoms with Crippen molar-refractivity contribution in [2.24, 2.45) is 0 Å². The van der Waals surface area contributed by atoms with E-state index in [1.807, 2.05) is 6.07 Å². The fraction of sp³-hybridized carbons (Fsp3) is 0.176. The van der Waals surface area contributed by atoms with Gasteiger partial charge in [-0.1, -0.05) is 40.5 Å². The number of carbonyl (C=O) groups is 1. The lowest BCUT2D eigenvalue weighted by Gasteiger charge is -2.07. The minimum Gasteiger partial charge on any atom is -0.452 e. The normalized spacial score (nSPS) is 10.7. The molecule has 0 bridgehead atoms. The number of hydrogen-bond donors (Lipinski definition) is 0. The summed E-state index contributed by atoms with van der Waals surface area (Å²) in [5, 5.41) is 4.45. The van der Waals surface area contributed by atoms with Crippen LogP contribution < -0.4 is 0 Å². The quantitative estimate of drug-likeness (QED) is 0.494. The highest BCUT2D eigenvalue weighted by atomic mass is 35.5. The van der Waals surface area contributed by atoms with Gasteiger partial charge in [0.2, 0.25) is 5.82 Å². The van der Waals surface area contributed by atoms with Crippen LogP contribution in [0.2, 0.25) is 10.2 Å². The molecule has 0 unspecified atom stereocenters. The van der Waals surface area contributed by atoms with E-state index in [4.69, 9.17) is 32.5 Å². The lowest BCUT2D eigenvalue weighted by atomic mass is 10.1. The van der Waals surface area contributed by atoms with E-state index in [1.54, 1.807) is 38.1 Å². The molecule has 25 heavy (non-hydrogen) atoms. The molecule has 2 heterocycles. The third-order valence-corrected chi connectivity index (χ3v) is 4.02. The highest BCUT2D eigenvalue weighted by molar-refractivity contribution is 6.33. The Morgan fingerprint density at radius 2 is 1.96 bits per heavy atom. The number of aromatic nitrogens is 3. The predicted molar refractivity (Wildman–Crippen MR) is 92.6 cm³/mol. The van der Waals surface area contributed by atoms with Crippen molar-refractivity contribution < 1.29 is 14.1 Å². The van der Waals surface area contributed by atoms with E-state index in [1.165, 1.54) is 0 Å². The highest BCUT2D eigenvalue weighted by Gasteiger charge is 2.19. The molecule has 6 nitrogen and oxygen atoms in total. The van der Waals surface area contributed by atoms with Crippen molar-refractivity contribution in [1.82, 2.24) is 15.1 Å². The van der Waals surface area contributed by atoms with E-state index in [0.717, 1.165) is 5.69 Å². The van der Waals surface area contributed by atoms with E-state index in [-0.39, 0.29) is 23.2 Å². The first-order chi connectivity index (χ1) is 12.0. The first-order valence-corrected chi connectivity index (χ1v) is 8.09. The molecule has 0 aliphatic heterocycles. The Labute approximate surface area is 153 Å². The second kappa shape index (κ2) is 7.21. The average molecular weight is 378 g/mol. The lowest BCUT2D eigenvalue weighted by molar-refractivity contribution is 0.0428. The van der Waals surface area contributed by atoms with Crippen molar-refractivity contribution in [2.45, 2.75) is 20.5 Å². The molecule has 0 saturated carbocycles. The Balaban J connectivity index is 1.73. The summed E-state index contributed by atoms with van der Waals surface area (Å²) in [6.07, 6.45) is 0. The van der Waals surface area contributed by atoms with Crippen LogP contribution in [0.1, 0.15) is 27.5 Å². The van der Waals surface area contributed by atoms with Crippen molar-refractivity contribution in [3.63, 3.8) is 0 Å². The number of aryl methyl sites for hydroxylation is 2. The topological polar surface area (TPSA) is 78.1 Å². The van der Waals surface area contributed by atoms with E-state index in [2.05, 4.69) is 15.1 Å². The average Bonchev–Trinajstić information content (AvgIpc) is 3.01. The number of halogens is 2. The van der Waals surface area contributed by atoms with E-state index in [9.17, 15) is 4.79 Å². The van der Waals surface area contributed by atoms with E-state index in [0.29, 0.717) is 22.0 Å². The van der Waals surface area contributed by atoms with Crippen molar-refractivity contribution in [3.8, 4) is 11.4 Å². The molecule has 0 aliphatic rings. The first kappa shape index (κ1) is 17.4. The Kier molecular flexibility index (Phi) is 5.01. The van der Waals surface area contributed by atoms with Gasteiger partial charge in [-0.05, 0) is 37.6 Å². The molecular formula is C17H13Cl2N3O3. The molecule has 0 amide bonds. The third kappa shape index (κ3) is 3.81. The zero-order valence-electron chi connectivity index (χ0n) is 13.4. The maximum atomic E-state index is 12.2. The number of ether oxygens (including phenoxy) is 1. The summed E-state index contributed by atoms with van der Waals surface area (Å²) in [5.41, 5.74) is 2.26. The van der Waals surface area contributed by atoms with Crippen LogP contribution in [0.5, 0.6) is 0 Å². The maximum absolute atomic E-state index is 12.2. The highest BCUT2D eigenvalue weighted by Crippen LogP contribution is 2.25. The van der Waals surface area contributed by atoms with E-state index >= 15 is 0 Å². The van der Waals surface area contributed by atoms with Gasteiger partial charge in [-0.25, -0.2) is 9.78 Å². The smallest absolute Gasteiger partial charge is 0.342 e. The predicted octanol–water partition coefficient (Wildman–Crippen LogP) is 4.41. The van der Waals surface area contributed by atoms with Gasteiger partial charge >= 0.3 is 5.97 Å². The Morgan fingerprint density at radius 1 is 1.20 bits per heavy atom. The molecule has 0 atom stereocenters. The van der Waals surface area contributed by atoms with Crippen LogP contribution in [0.25, 0.3) is 11.4 Å². The molecule has 0 saturated heterocycles. The molecule has 3 rings (SSSR count). The number of rotatable bonds is 4. The monoisotopic (exact) mass is 377 g/mol. The standard InChI is InChI=1S/C17H13Cl2N3O3/c1-9-7-10(2)20-15(19)14(9)17(23)24-8-13-21-16(22-25-13)11-5-3-4-6-12(11)18/h3-7H,8H2,1-2H3. The molecule has 0 N–H and O–H groups in total. The summed E-state index contributed by atoms with van der Waals surface area (Å²) >= 11 is 12.1. The molecule has 3 aromatic rings. The van der Waals surface area contributed by atoms with Gasteiger partial charge in [0, 0.05) is 11.3 Å². The van der Waals surface area contributed by atoms with Gasteiger partial charge in [0.05, 0.1) is 10.6 Å². The number of nitrogens with zero attached hydrogens (tertiary/aromatic N) is 3. The largest absolute Gasteiger partial charge is 0.452 e. The molecule has 0 fully saturated rings. The second-order valence-corrected chi connectivity index (χ2v) is 6.08. The van der Waals surface area contributed by atoms with Gasteiger partial charge in [-0.2, -0.15) is 4.98 Å². The molecule has 0 spiro atoms. The van der Waals surface area contributed by atoms with Crippen LogP contribution in [0, 0.1) is 13.8 Å². The molecule has 8 heteroatoms. The molecule has 128 valence electrons. The zero-order chi connectivity index (χ0) is 18.0. The van der Waals surface area contributed by atoms with Crippen LogP contribution in [-0.4, -0.2) is 21.1 Å². The molecular weight excluding hydrogens is 365 g/mol. The van der Waals surface area contributed by atoms with Crippen LogP contribution in [0.3, 0.4) is 0 Å². The Morgan fingerprint density at radius 3 is 2.68 bits per heavy atom. The van der Waals surface area contributed by atoms with Gasteiger partial charge in [-0.15, -0.1) is 0 Å². The summed E-state index contributed by atoms with van der Waals surface area (Å²) in [6, 6.07) is 8.86. The van der Waals surface area contributed by atoms with Crippen molar-refractivity contribution >= 4 is 29.2 Å². The SMILES string of the molecule is Cc1cc(C)c(C(=O)OCc2nc(-c3ccccc3Cl)no2)c(Cl)n1. The number of carbonyl (C=O) groups excluding carboxylic acids is 1. The Bertz CT molecular complexity index is 917. The molecule has 2 aromatic heterocycles. The van der Waals surface area contributed by atoms with Crippen LogP contribution in [0.4, 0.5) is 0 Å². The first-order valence-electron chi connectivity index (χ1n) is 7.34. The number of benzene rings is 1. The van der Waals surface area contributed by atoms with Crippen molar-refractivity contribution in [3.05, 3.63) is 63.2 Å². The fourth-order valence-electron chi connectivity index (χ4n) is 2.30. The third-order valence-electron chi connectivity index (χ3n) is 3.41. The van der Waals surface area contributed by atoms with Gasteiger partial charge in [-0.3, -0.25) is 0 Å². The second-order valence-electron chi connectivity index (χ2n) is 5.31. The summed E-state index contributed by atoms with van der Waals surface area (Å²) in [5.74, 6) is -0.132. The van der Waals surface area contributed by atoms with Crippen LogP contribution >= 0.6 is 23.2 Å². The molecule has 0 radical (unpaired) electrons. The van der Waals surface area contributed by atoms with Gasteiger partial charge < -0.3 is 9.26 Å². The summed E-state index contributed by atoms with van der Waals surface area (Å²) in [6.45, 7) is 3.38. The van der Waals surface area contributed by atoms with E-state index < -0.39 is 5.97 Å². The summed E-state index contributed by atoms with van der Waals surface area (Å²) in [7, 11) is 0. The van der Waals surface area contributed by atoms with Gasteiger partial charge in [0.15, 0.2) is 6.61 Å².